The molecule has 2 aliphatic heterocycles. The van der Waals surface area contributed by atoms with E-state index in [0.717, 1.165) is 58.5 Å². The Bertz CT molecular complexity index is 343. The number of nitrogens with zero attached hydrogens (tertiary/aromatic N) is 3. The second kappa shape index (κ2) is 7.59. The summed E-state index contributed by atoms with van der Waals surface area (Å²) < 4.78 is 0. The maximum atomic E-state index is 12.1. The zero-order valence-electron chi connectivity index (χ0n) is 12.1. The average molecular weight is 283 g/mol. The van der Waals surface area contributed by atoms with E-state index in [-0.39, 0.29) is 12.3 Å². The highest BCUT2D eigenvalue weighted by atomic mass is 16.4. The van der Waals surface area contributed by atoms with Crippen LogP contribution in [0.15, 0.2) is 0 Å². The number of carboxylic acids is 1. The second-order valence-electron chi connectivity index (χ2n) is 5.70. The average Bonchev–Trinajstić information content (AvgIpc) is 2.86. The molecule has 0 unspecified atom stereocenters. The topological polar surface area (TPSA) is 64.1 Å². The SMILES string of the molecule is O=C(O)CCN1CCCN(CC(=O)N2CCCC2)CC1. The molecule has 0 atom stereocenters. The minimum absolute atomic E-state index is 0.201. The number of hydrogen-bond acceptors (Lipinski definition) is 4. The fourth-order valence-electron chi connectivity index (χ4n) is 2.92. The lowest BCUT2D eigenvalue weighted by atomic mass is 10.3. The van der Waals surface area contributed by atoms with E-state index in [4.69, 9.17) is 5.11 Å². The summed E-state index contributed by atoms with van der Waals surface area (Å²) >= 11 is 0. The zero-order chi connectivity index (χ0) is 14.4. The Morgan fingerprint density at radius 2 is 1.50 bits per heavy atom. The Hall–Kier alpha value is -1.14. The molecule has 20 heavy (non-hydrogen) atoms. The molecule has 6 heteroatoms. The van der Waals surface area contributed by atoms with Crippen LogP contribution in [0.25, 0.3) is 0 Å². The summed E-state index contributed by atoms with van der Waals surface area (Å²) in [6.07, 6.45) is 3.48. The van der Waals surface area contributed by atoms with Crippen molar-refractivity contribution in [3.05, 3.63) is 0 Å². The summed E-state index contributed by atoms with van der Waals surface area (Å²) in [5.74, 6) is -0.489. The molecule has 0 bridgehead atoms. The van der Waals surface area contributed by atoms with Crippen LogP contribution in [-0.4, -0.2) is 84.0 Å². The van der Waals surface area contributed by atoms with Crippen LogP contribution >= 0.6 is 0 Å². The molecular weight excluding hydrogens is 258 g/mol. The van der Waals surface area contributed by atoms with Crippen molar-refractivity contribution in [2.45, 2.75) is 25.7 Å². The maximum Gasteiger partial charge on any atom is 0.304 e. The van der Waals surface area contributed by atoms with Gasteiger partial charge in [-0.1, -0.05) is 0 Å². The lowest BCUT2D eigenvalue weighted by Crippen LogP contribution is -2.40. The minimum atomic E-state index is -0.740. The Morgan fingerprint density at radius 3 is 2.20 bits per heavy atom. The van der Waals surface area contributed by atoms with E-state index in [1.165, 1.54) is 0 Å². The molecule has 1 N–H and O–H groups in total. The monoisotopic (exact) mass is 283 g/mol. The quantitative estimate of drug-likeness (QED) is 0.775. The highest BCUT2D eigenvalue weighted by molar-refractivity contribution is 5.78. The van der Waals surface area contributed by atoms with Crippen molar-refractivity contribution in [1.82, 2.24) is 14.7 Å². The number of amides is 1. The number of carbonyl (C=O) groups excluding carboxylic acids is 1. The molecule has 0 saturated carbocycles. The summed E-state index contributed by atoms with van der Waals surface area (Å²) in [6, 6.07) is 0. The van der Waals surface area contributed by atoms with E-state index in [1.54, 1.807) is 0 Å². The first-order valence-corrected chi connectivity index (χ1v) is 7.59. The summed E-state index contributed by atoms with van der Waals surface area (Å²) in [5, 5.41) is 8.72. The summed E-state index contributed by atoms with van der Waals surface area (Å²) in [6.45, 7) is 6.55. The Morgan fingerprint density at radius 1 is 0.850 bits per heavy atom. The zero-order valence-corrected chi connectivity index (χ0v) is 12.1. The van der Waals surface area contributed by atoms with Crippen molar-refractivity contribution < 1.29 is 14.7 Å². The van der Waals surface area contributed by atoms with Crippen LogP contribution in [0, 0.1) is 0 Å². The molecule has 2 fully saturated rings. The molecule has 0 radical (unpaired) electrons. The maximum absolute atomic E-state index is 12.1. The van der Waals surface area contributed by atoms with Crippen LogP contribution in [0.3, 0.4) is 0 Å². The van der Waals surface area contributed by atoms with Gasteiger partial charge in [0, 0.05) is 32.7 Å². The van der Waals surface area contributed by atoms with Crippen LogP contribution in [0.2, 0.25) is 0 Å². The molecule has 1 amide bonds. The fourth-order valence-corrected chi connectivity index (χ4v) is 2.92. The number of aliphatic carboxylic acids is 1. The molecule has 2 heterocycles. The Balaban J connectivity index is 1.71. The fraction of sp³-hybridized carbons (Fsp3) is 0.857. The molecule has 6 nitrogen and oxygen atoms in total. The predicted octanol–water partition coefficient (Wildman–Crippen LogP) is 0.0912. The van der Waals surface area contributed by atoms with Crippen molar-refractivity contribution in [1.29, 1.82) is 0 Å². The Kier molecular flexibility index (Phi) is 5.79. The van der Waals surface area contributed by atoms with Gasteiger partial charge in [-0.2, -0.15) is 0 Å². The molecule has 2 saturated heterocycles. The minimum Gasteiger partial charge on any atom is -0.481 e. The second-order valence-corrected chi connectivity index (χ2v) is 5.70. The highest BCUT2D eigenvalue weighted by Gasteiger charge is 2.22. The molecule has 2 aliphatic rings. The lowest BCUT2D eigenvalue weighted by Gasteiger charge is -2.23. The van der Waals surface area contributed by atoms with E-state index in [1.807, 2.05) is 4.90 Å². The van der Waals surface area contributed by atoms with Crippen molar-refractivity contribution in [2.24, 2.45) is 0 Å². The van der Waals surface area contributed by atoms with E-state index in [2.05, 4.69) is 9.80 Å². The molecule has 0 spiro atoms. The number of carboxylic acid groups (broad SMARTS) is 1. The highest BCUT2D eigenvalue weighted by Crippen LogP contribution is 2.09. The summed E-state index contributed by atoms with van der Waals surface area (Å²) in [5.41, 5.74) is 0. The van der Waals surface area contributed by atoms with Crippen molar-refractivity contribution >= 4 is 11.9 Å². The normalized spacial score (nSPS) is 21.9. The van der Waals surface area contributed by atoms with Gasteiger partial charge in [0.2, 0.25) is 5.91 Å². The van der Waals surface area contributed by atoms with Crippen LogP contribution in [0.5, 0.6) is 0 Å². The van der Waals surface area contributed by atoms with Gasteiger partial charge in [-0.3, -0.25) is 14.5 Å². The van der Waals surface area contributed by atoms with E-state index >= 15 is 0 Å². The molecule has 0 aromatic heterocycles. The summed E-state index contributed by atoms with van der Waals surface area (Å²) in [7, 11) is 0. The van der Waals surface area contributed by atoms with Crippen LogP contribution in [0.4, 0.5) is 0 Å². The molecule has 0 aliphatic carbocycles. The van der Waals surface area contributed by atoms with Crippen molar-refractivity contribution in [3.8, 4) is 0 Å². The van der Waals surface area contributed by atoms with Crippen molar-refractivity contribution in [3.63, 3.8) is 0 Å². The van der Waals surface area contributed by atoms with Gasteiger partial charge in [0.1, 0.15) is 0 Å². The van der Waals surface area contributed by atoms with Gasteiger partial charge in [0.25, 0.3) is 0 Å². The lowest BCUT2D eigenvalue weighted by molar-refractivity contribution is -0.137. The van der Waals surface area contributed by atoms with E-state index in [0.29, 0.717) is 13.1 Å². The van der Waals surface area contributed by atoms with Gasteiger partial charge in [0.05, 0.1) is 13.0 Å². The number of rotatable bonds is 5. The van der Waals surface area contributed by atoms with Crippen molar-refractivity contribution in [2.75, 3.05) is 52.4 Å². The molecular formula is C14H25N3O3. The first-order chi connectivity index (χ1) is 9.65. The molecule has 0 aromatic carbocycles. The van der Waals surface area contributed by atoms with Gasteiger partial charge >= 0.3 is 5.97 Å². The first kappa shape index (κ1) is 15.3. The third-order valence-corrected chi connectivity index (χ3v) is 4.14. The third kappa shape index (κ3) is 4.76. The van der Waals surface area contributed by atoms with Gasteiger partial charge in [-0.25, -0.2) is 0 Å². The van der Waals surface area contributed by atoms with E-state index < -0.39 is 5.97 Å². The standard InChI is InChI=1S/C14H25N3O3/c18-13(17-7-1-2-8-17)12-16-6-3-5-15(10-11-16)9-4-14(19)20/h1-12H2,(H,19,20). The van der Waals surface area contributed by atoms with Gasteiger partial charge in [-0.05, 0) is 32.4 Å². The third-order valence-electron chi connectivity index (χ3n) is 4.14. The number of carbonyl (C=O) groups is 2. The van der Waals surface area contributed by atoms with Gasteiger partial charge < -0.3 is 14.9 Å². The first-order valence-electron chi connectivity index (χ1n) is 7.59. The van der Waals surface area contributed by atoms with Gasteiger partial charge in [-0.15, -0.1) is 0 Å². The predicted molar refractivity (Wildman–Crippen MR) is 75.6 cm³/mol. The van der Waals surface area contributed by atoms with Crippen LogP contribution in [-0.2, 0) is 9.59 Å². The van der Waals surface area contributed by atoms with E-state index in [9.17, 15) is 9.59 Å². The number of likely N-dealkylation sites (tertiary alicyclic amines) is 1. The largest absolute Gasteiger partial charge is 0.481 e. The smallest absolute Gasteiger partial charge is 0.304 e. The molecule has 2 rings (SSSR count). The molecule has 114 valence electrons. The number of hydrogen-bond donors (Lipinski definition) is 1. The summed E-state index contributed by atoms with van der Waals surface area (Å²) in [4.78, 5) is 29.1. The Labute approximate surface area is 120 Å². The van der Waals surface area contributed by atoms with Crippen LogP contribution in [0.1, 0.15) is 25.7 Å². The molecule has 0 aromatic rings. The van der Waals surface area contributed by atoms with Crippen LogP contribution < -0.4 is 0 Å². The van der Waals surface area contributed by atoms with Gasteiger partial charge in [0.15, 0.2) is 0 Å².